The first-order chi connectivity index (χ1) is 9.07. The fourth-order valence-electron chi connectivity index (χ4n) is 1.89. The molecule has 0 bridgehead atoms. The van der Waals surface area contributed by atoms with Crippen molar-refractivity contribution < 1.29 is 14.2 Å². The average molecular weight is 265 g/mol. The van der Waals surface area contributed by atoms with Crippen molar-refractivity contribution in [3.8, 4) is 17.2 Å². The second-order valence-electron chi connectivity index (χ2n) is 4.37. The van der Waals surface area contributed by atoms with Crippen molar-refractivity contribution in [3.63, 3.8) is 0 Å². The fourth-order valence-corrected chi connectivity index (χ4v) is 1.89. The molecular weight excluding hydrogens is 242 g/mol. The Labute approximate surface area is 115 Å². The van der Waals surface area contributed by atoms with Crippen LogP contribution in [0.2, 0.25) is 0 Å². The van der Waals surface area contributed by atoms with Crippen LogP contribution in [-0.2, 0) is 0 Å². The van der Waals surface area contributed by atoms with Gasteiger partial charge < -0.3 is 19.9 Å². The smallest absolute Gasteiger partial charge is 0.203 e. The molecule has 1 atom stereocenters. The number of methoxy groups -OCH3 is 3. The maximum atomic E-state index is 6.20. The predicted molar refractivity (Wildman–Crippen MR) is 77.1 cm³/mol. The first-order valence-electron chi connectivity index (χ1n) is 6.29. The Morgan fingerprint density at radius 1 is 1.16 bits per heavy atom. The number of ether oxygens (including phenoxy) is 3. The molecule has 0 heterocycles. The largest absolute Gasteiger partial charge is 0.493 e. The minimum Gasteiger partial charge on any atom is -0.493 e. The molecule has 0 fully saturated rings. The van der Waals surface area contributed by atoms with Crippen molar-refractivity contribution in [2.75, 3.05) is 21.3 Å². The van der Waals surface area contributed by atoms with E-state index in [0.717, 1.165) is 24.0 Å². The van der Waals surface area contributed by atoms with Crippen LogP contribution in [-0.4, -0.2) is 21.3 Å². The van der Waals surface area contributed by atoms with Gasteiger partial charge in [-0.05, 0) is 30.5 Å². The van der Waals surface area contributed by atoms with Crippen LogP contribution in [0.4, 0.5) is 0 Å². The van der Waals surface area contributed by atoms with E-state index in [1.165, 1.54) is 0 Å². The summed E-state index contributed by atoms with van der Waals surface area (Å²) >= 11 is 0. The van der Waals surface area contributed by atoms with E-state index in [1.807, 2.05) is 12.1 Å². The molecule has 1 aromatic carbocycles. The second kappa shape index (κ2) is 7.04. The first kappa shape index (κ1) is 15.4. The minimum atomic E-state index is -0.124. The van der Waals surface area contributed by atoms with E-state index in [0.29, 0.717) is 17.2 Å². The Kier molecular flexibility index (Phi) is 5.70. The molecule has 0 radical (unpaired) electrons. The van der Waals surface area contributed by atoms with Gasteiger partial charge in [-0.2, -0.15) is 0 Å². The topological polar surface area (TPSA) is 53.7 Å². The van der Waals surface area contributed by atoms with Crippen LogP contribution in [0, 0.1) is 0 Å². The summed E-state index contributed by atoms with van der Waals surface area (Å²) in [6.45, 7) is 6.06. The Bertz CT molecular complexity index is 418. The van der Waals surface area contributed by atoms with E-state index >= 15 is 0 Å². The molecule has 1 rings (SSSR count). The summed E-state index contributed by atoms with van der Waals surface area (Å²) in [7, 11) is 4.77. The van der Waals surface area contributed by atoms with Crippen LogP contribution in [0.25, 0.3) is 0 Å². The molecule has 0 aromatic heterocycles. The molecule has 0 saturated carbocycles. The molecule has 0 spiro atoms. The van der Waals surface area contributed by atoms with Crippen molar-refractivity contribution in [2.24, 2.45) is 5.73 Å². The van der Waals surface area contributed by atoms with Crippen molar-refractivity contribution in [2.45, 2.75) is 25.8 Å². The van der Waals surface area contributed by atoms with Gasteiger partial charge in [0.25, 0.3) is 0 Å². The van der Waals surface area contributed by atoms with Crippen molar-refractivity contribution in [3.05, 3.63) is 29.8 Å². The van der Waals surface area contributed by atoms with E-state index in [2.05, 4.69) is 13.5 Å². The zero-order valence-corrected chi connectivity index (χ0v) is 12.2. The first-order valence-corrected chi connectivity index (χ1v) is 6.29. The van der Waals surface area contributed by atoms with Gasteiger partial charge in [0.1, 0.15) is 0 Å². The Balaban J connectivity index is 3.11. The molecule has 4 nitrogen and oxygen atoms in total. The van der Waals surface area contributed by atoms with Gasteiger partial charge in [0, 0.05) is 6.04 Å². The maximum Gasteiger partial charge on any atom is 0.203 e. The van der Waals surface area contributed by atoms with Gasteiger partial charge in [0.05, 0.1) is 21.3 Å². The normalized spacial score (nSPS) is 11.8. The van der Waals surface area contributed by atoms with Gasteiger partial charge in [0.2, 0.25) is 5.75 Å². The molecule has 106 valence electrons. The zero-order chi connectivity index (χ0) is 14.4. The number of hydrogen-bond donors (Lipinski definition) is 1. The molecule has 0 aliphatic carbocycles. The quantitative estimate of drug-likeness (QED) is 0.770. The van der Waals surface area contributed by atoms with Crippen LogP contribution >= 0.6 is 0 Å². The standard InChI is InChI=1S/C15H23NO3/c1-6-10(2)7-12(16)11-8-13(17-3)15(19-5)14(9-11)18-4/h8-9,12H,2,6-7,16H2,1,3-5H3. The lowest BCUT2D eigenvalue weighted by Crippen LogP contribution is -2.11. The molecule has 0 aliphatic rings. The van der Waals surface area contributed by atoms with Crippen LogP contribution in [0.15, 0.2) is 24.3 Å². The summed E-state index contributed by atoms with van der Waals surface area (Å²) < 4.78 is 15.9. The number of benzene rings is 1. The third-order valence-electron chi connectivity index (χ3n) is 3.12. The van der Waals surface area contributed by atoms with Gasteiger partial charge in [-0.3, -0.25) is 0 Å². The van der Waals surface area contributed by atoms with E-state index < -0.39 is 0 Å². The lowest BCUT2D eigenvalue weighted by Gasteiger charge is -2.18. The monoisotopic (exact) mass is 265 g/mol. The Morgan fingerprint density at radius 3 is 2.05 bits per heavy atom. The third kappa shape index (κ3) is 3.64. The highest BCUT2D eigenvalue weighted by Crippen LogP contribution is 2.40. The van der Waals surface area contributed by atoms with Gasteiger partial charge in [-0.25, -0.2) is 0 Å². The summed E-state index contributed by atoms with van der Waals surface area (Å²) in [5, 5.41) is 0. The number of hydrogen-bond acceptors (Lipinski definition) is 4. The lowest BCUT2D eigenvalue weighted by molar-refractivity contribution is 0.323. The lowest BCUT2D eigenvalue weighted by atomic mass is 9.98. The number of rotatable bonds is 7. The van der Waals surface area contributed by atoms with E-state index in [1.54, 1.807) is 21.3 Å². The van der Waals surface area contributed by atoms with E-state index in [4.69, 9.17) is 19.9 Å². The molecular formula is C15H23NO3. The fraction of sp³-hybridized carbons (Fsp3) is 0.467. The zero-order valence-electron chi connectivity index (χ0n) is 12.2. The van der Waals surface area contributed by atoms with Gasteiger partial charge in [0.15, 0.2) is 11.5 Å². The summed E-state index contributed by atoms with van der Waals surface area (Å²) in [6, 6.07) is 3.64. The summed E-state index contributed by atoms with van der Waals surface area (Å²) in [4.78, 5) is 0. The average Bonchev–Trinajstić information content (AvgIpc) is 2.44. The molecule has 19 heavy (non-hydrogen) atoms. The van der Waals surface area contributed by atoms with Crippen LogP contribution in [0.3, 0.4) is 0 Å². The molecule has 0 saturated heterocycles. The van der Waals surface area contributed by atoms with Crippen molar-refractivity contribution >= 4 is 0 Å². The van der Waals surface area contributed by atoms with Crippen LogP contribution in [0.1, 0.15) is 31.4 Å². The molecule has 2 N–H and O–H groups in total. The highest BCUT2D eigenvalue weighted by Gasteiger charge is 2.16. The molecule has 1 aromatic rings. The SMILES string of the molecule is C=C(CC)CC(N)c1cc(OC)c(OC)c(OC)c1. The van der Waals surface area contributed by atoms with Crippen molar-refractivity contribution in [1.82, 2.24) is 0 Å². The molecule has 0 aliphatic heterocycles. The van der Waals surface area contributed by atoms with E-state index in [9.17, 15) is 0 Å². The molecule has 4 heteroatoms. The highest BCUT2D eigenvalue weighted by molar-refractivity contribution is 5.54. The predicted octanol–water partition coefficient (Wildman–Crippen LogP) is 3.07. The summed E-state index contributed by atoms with van der Waals surface area (Å²) in [5.74, 6) is 1.82. The van der Waals surface area contributed by atoms with Crippen LogP contribution < -0.4 is 19.9 Å². The number of nitrogens with two attached hydrogens (primary N) is 1. The summed E-state index contributed by atoms with van der Waals surface area (Å²) in [6.07, 6.45) is 1.67. The highest BCUT2D eigenvalue weighted by atomic mass is 16.5. The second-order valence-corrected chi connectivity index (χ2v) is 4.37. The van der Waals surface area contributed by atoms with Gasteiger partial charge in [-0.15, -0.1) is 0 Å². The molecule has 1 unspecified atom stereocenters. The van der Waals surface area contributed by atoms with Gasteiger partial charge in [-0.1, -0.05) is 19.1 Å². The van der Waals surface area contributed by atoms with E-state index in [-0.39, 0.29) is 6.04 Å². The Hall–Kier alpha value is -1.68. The molecule has 0 amide bonds. The Morgan fingerprint density at radius 2 is 1.68 bits per heavy atom. The third-order valence-corrected chi connectivity index (χ3v) is 3.12. The summed E-state index contributed by atoms with van der Waals surface area (Å²) in [5.41, 5.74) is 8.27. The van der Waals surface area contributed by atoms with Crippen molar-refractivity contribution in [1.29, 1.82) is 0 Å². The van der Waals surface area contributed by atoms with Crippen LogP contribution in [0.5, 0.6) is 17.2 Å². The maximum absolute atomic E-state index is 6.20. The minimum absolute atomic E-state index is 0.124. The van der Waals surface area contributed by atoms with Gasteiger partial charge >= 0.3 is 0 Å².